The van der Waals surface area contributed by atoms with Crippen molar-refractivity contribution in [2.24, 2.45) is 5.73 Å². The Morgan fingerprint density at radius 3 is 3.00 bits per heavy atom. The molecule has 0 fully saturated rings. The summed E-state index contributed by atoms with van der Waals surface area (Å²) in [5.74, 6) is 0. The van der Waals surface area contributed by atoms with Gasteiger partial charge in [0, 0.05) is 35.4 Å². The molecule has 3 heteroatoms. The van der Waals surface area contributed by atoms with Gasteiger partial charge < -0.3 is 10.7 Å². The smallest absolute Gasteiger partial charge is 0.0726 e. The first kappa shape index (κ1) is 11.0. The molecule has 0 saturated heterocycles. The third-order valence-electron chi connectivity index (χ3n) is 3.25. The van der Waals surface area contributed by atoms with Crippen LogP contribution in [0.2, 0.25) is 0 Å². The van der Waals surface area contributed by atoms with E-state index >= 15 is 0 Å². The van der Waals surface area contributed by atoms with Gasteiger partial charge in [0.1, 0.15) is 0 Å². The molecule has 0 unspecified atom stereocenters. The number of nitrogens with one attached hydrogen (secondary N) is 1. The first-order valence-electron chi connectivity index (χ1n) is 6.01. The molecule has 0 aliphatic rings. The van der Waals surface area contributed by atoms with Crippen LogP contribution in [0, 0.1) is 6.92 Å². The number of H-pyrrole nitrogens is 1. The van der Waals surface area contributed by atoms with E-state index in [4.69, 9.17) is 5.73 Å². The van der Waals surface area contributed by atoms with Crippen LogP contribution < -0.4 is 5.73 Å². The van der Waals surface area contributed by atoms with Crippen LogP contribution in [-0.2, 0) is 6.54 Å². The van der Waals surface area contributed by atoms with Gasteiger partial charge in [-0.15, -0.1) is 0 Å². The lowest BCUT2D eigenvalue weighted by atomic mass is 10.0. The van der Waals surface area contributed by atoms with Gasteiger partial charge in [-0.25, -0.2) is 0 Å². The monoisotopic (exact) mass is 237 g/mol. The van der Waals surface area contributed by atoms with E-state index in [0.717, 1.165) is 22.3 Å². The van der Waals surface area contributed by atoms with Gasteiger partial charge in [-0.05, 0) is 36.2 Å². The van der Waals surface area contributed by atoms with Crippen molar-refractivity contribution in [2.75, 3.05) is 0 Å². The molecule has 90 valence electrons. The standard InChI is InChI=1S/C15H15N3/c1-10-3-2-4-13-15(10)12(9-18-13)14-7-11(8-16)5-6-17-14/h2-7,9,18H,8,16H2,1H3. The van der Waals surface area contributed by atoms with Crippen molar-refractivity contribution in [3.8, 4) is 11.3 Å². The molecule has 18 heavy (non-hydrogen) atoms. The number of rotatable bonds is 2. The maximum absolute atomic E-state index is 5.68. The highest BCUT2D eigenvalue weighted by Crippen LogP contribution is 2.29. The van der Waals surface area contributed by atoms with Crippen LogP contribution >= 0.6 is 0 Å². The van der Waals surface area contributed by atoms with Gasteiger partial charge >= 0.3 is 0 Å². The van der Waals surface area contributed by atoms with Gasteiger partial charge in [0.25, 0.3) is 0 Å². The van der Waals surface area contributed by atoms with Crippen LogP contribution in [0.15, 0.2) is 42.7 Å². The van der Waals surface area contributed by atoms with Gasteiger partial charge in [0.05, 0.1) is 5.69 Å². The van der Waals surface area contributed by atoms with Crippen molar-refractivity contribution in [1.82, 2.24) is 9.97 Å². The third kappa shape index (κ3) is 1.69. The molecule has 3 aromatic rings. The molecule has 0 amide bonds. The first-order chi connectivity index (χ1) is 8.79. The van der Waals surface area contributed by atoms with E-state index in [-0.39, 0.29) is 0 Å². The number of hydrogen-bond acceptors (Lipinski definition) is 2. The number of hydrogen-bond donors (Lipinski definition) is 2. The zero-order valence-corrected chi connectivity index (χ0v) is 10.3. The van der Waals surface area contributed by atoms with Gasteiger partial charge in [-0.3, -0.25) is 4.98 Å². The number of nitrogens with two attached hydrogens (primary N) is 1. The minimum atomic E-state index is 0.539. The Bertz CT molecular complexity index is 698. The molecule has 3 rings (SSSR count). The molecule has 0 saturated carbocycles. The normalized spacial score (nSPS) is 11.0. The first-order valence-corrected chi connectivity index (χ1v) is 6.01. The van der Waals surface area contributed by atoms with Crippen LogP contribution in [0.4, 0.5) is 0 Å². The van der Waals surface area contributed by atoms with E-state index in [0.29, 0.717) is 6.54 Å². The van der Waals surface area contributed by atoms with Gasteiger partial charge in [0.2, 0.25) is 0 Å². The Balaban J connectivity index is 2.25. The van der Waals surface area contributed by atoms with E-state index in [9.17, 15) is 0 Å². The maximum Gasteiger partial charge on any atom is 0.0726 e. The summed E-state index contributed by atoms with van der Waals surface area (Å²) in [6.45, 7) is 2.66. The number of aromatic nitrogens is 2. The Labute approximate surface area is 106 Å². The average molecular weight is 237 g/mol. The maximum atomic E-state index is 5.68. The van der Waals surface area contributed by atoms with E-state index < -0.39 is 0 Å². The van der Waals surface area contributed by atoms with Crippen molar-refractivity contribution in [3.05, 3.63) is 53.9 Å². The molecule has 0 aliphatic heterocycles. The van der Waals surface area contributed by atoms with E-state index in [1.54, 1.807) is 0 Å². The quantitative estimate of drug-likeness (QED) is 0.720. The topological polar surface area (TPSA) is 54.7 Å². The molecule has 0 bridgehead atoms. The highest BCUT2D eigenvalue weighted by molar-refractivity contribution is 5.96. The molecular formula is C15H15N3. The SMILES string of the molecule is Cc1cccc2[nH]cc(-c3cc(CN)ccn3)c12. The van der Waals surface area contributed by atoms with Crippen molar-refractivity contribution >= 4 is 10.9 Å². The summed E-state index contributed by atoms with van der Waals surface area (Å²) in [5, 5.41) is 1.24. The number of benzene rings is 1. The zero-order chi connectivity index (χ0) is 12.5. The largest absolute Gasteiger partial charge is 0.360 e. The van der Waals surface area contributed by atoms with Gasteiger partial charge in [-0.2, -0.15) is 0 Å². The summed E-state index contributed by atoms with van der Waals surface area (Å²) in [6.07, 6.45) is 3.83. The molecule has 1 aromatic carbocycles. The Morgan fingerprint density at radius 1 is 1.28 bits per heavy atom. The average Bonchev–Trinajstić information content (AvgIpc) is 2.84. The van der Waals surface area contributed by atoms with Crippen LogP contribution in [0.3, 0.4) is 0 Å². The summed E-state index contributed by atoms with van der Waals surface area (Å²) >= 11 is 0. The summed E-state index contributed by atoms with van der Waals surface area (Å²) < 4.78 is 0. The number of pyridine rings is 1. The lowest BCUT2D eigenvalue weighted by Crippen LogP contribution is -1.96. The predicted octanol–water partition coefficient (Wildman–Crippen LogP) is 3.00. The zero-order valence-electron chi connectivity index (χ0n) is 10.3. The Hall–Kier alpha value is -2.13. The fraction of sp³-hybridized carbons (Fsp3) is 0.133. The summed E-state index contributed by atoms with van der Waals surface area (Å²) in [6, 6.07) is 10.3. The van der Waals surface area contributed by atoms with Crippen LogP contribution in [0.5, 0.6) is 0 Å². The molecule has 3 nitrogen and oxygen atoms in total. The van der Waals surface area contributed by atoms with Crippen LogP contribution in [0.25, 0.3) is 22.2 Å². The predicted molar refractivity (Wildman–Crippen MR) is 74.2 cm³/mol. The number of nitrogens with zero attached hydrogens (tertiary/aromatic N) is 1. The fourth-order valence-electron chi connectivity index (χ4n) is 2.32. The van der Waals surface area contributed by atoms with Crippen LogP contribution in [0.1, 0.15) is 11.1 Å². The number of aryl methyl sites for hydroxylation is 1. The van der Waals surface area contributed by atoms with E-state index in [1.807, 2.05) is 18.5 Å². The Morgan fingerprint density at radius 2 is 2.17 bits per heavy atom. The minimum absolute atomic E-state index is 0.539. The van der Waals surface area contributed by atoms with Crippen molar-refractivity contribution < 1.29 is 0 Å². The van der Waals surface area contributed by atoms with Gasteiger partial charge in [0.15, 0.2) is 0 Å². The second kappa shape index (κ2) is 4.27. The molecule has 2 heterocycles. The fourth-order valence-corrected chi connectivity index (χ4v) is 2.32. The second-order valence-corrected chi connectivity index (χ2v) is 4.45. The van der Waals surface area contributed by atoms with Crippen LogP contribution in [-0.4, -0.2) is 9.97 Å². The van der Waals surface area contributed by atoms with Crippen molar-refractivity contribution in [3.63, 3.8) is 0 Å². The summed E-state index contributed by atoms with van der Waals surface area (Å²) in [7, 11) is 0. The van der Waals surface area contributed by atoms with E-state index in [2.05, 4.69) is 41.2 Å². The van der Waals surface area contributed by atoms with Gasteiger partial charge in [-0.1, -0.05) is 12.1 Å². The molecule has 0 spiro atoms. The minimum Gasteiger partial charge on any atom is -0.360 e. The lowest BCUT2D eigenvalue weighted by Gasteiger charge is -2.03. The highest BCUT2D eigenvalue weighted by Gasteiger charge is 2.09. The molecular weight excluding hydrogens is 222 g/mol. The molecule has 2 aromatic heterocycles. The molecule has 3 N–H and O–H groups in total. The third-order valence-corrected chi connectivity index (χ3v) is 3.25. The molecule has 0 radical (unpaired) electrons. The van der Waals surface area contributed by atoms with E-state index in [1.165, 1.54) is 10.9 Å². The Kier molecular flexibility index (Phi) is 2.61. The summed E-state index contributed by atoms with van der Waals surface area (Å²) in [5.41, 5.74) is 11.3. The number of aromatic amines is 1. The summed E-state index contributed by atoms with van der Waals surface area (Å²) in [4.78, 5) is 7.74. The highest BCUT2D eigenvalue weighted by atomic mass is 14.7. The van der Waals surface area contributed by atoms with Crippen molar-refractivity contribution in [2.45, 2.75) is 13.5 Å². The number of fused-ring (bicyclic) bond motifs is 1. The molecule has 0 aliphatic carbocycles. The lowest BCUT2D eigenvalue weighted by molar-refractivity contribution is 1.06. The van der Waals surface area contributed by atoms with Crippen molar-refractivity contribution in [1.29, 1.82) is 0 Å². The molecule has 0 atom stereocenters. The second-order valence-electron chi connectivity index (χ2n) is 4.45.